The number of ether oxygens (including phenoxy) is 2. The Bertz CT molecular complexity index is 1090. The van der Waals surface area contributed by atoms with E-state index in [4.69, 9.17) is 4.74 Å². The number of halogens is 2. The minimum absolute atomic E-state index is 0.0140. The topological polar surface area (TPSA) is 81.7 Å². The number of thiophene rings is 1. The van der Waals surface area contributed by atoms with E-state index in [0.717, 1.165) is 11.3 Å². The first-order valence-electron chi connectivity index (χ1n) is 8.22. The van der Waals surface area contributed by atoms with Crippen LogP contribution in [0.2, 0.25) is 0 Å². The molecular formula is C19H15F2NO5S2. The van der Waals surface area contributed by atoms with Gasteiger partial charge in [-0.2, -0.15) is 8.78 Å². The van der Waals surface area contributed by atoms with Crippen LogP contribution in [-0.4, -0.2) is 21.0 Å². The van der Waals surface area contributed by atoms with E-state index in [9.17, 15) is 22.0 Å². The smallest absolute Gasteiger partial charge is 0.387 e. The summed E-state index contributed by atoms with van der Waals surface area (Å²) in [5.74, 6) is -0.927. The van der Waals surface area contributed by atoms with E-state index in [1.807, 2.05) is 0 Å². The molecule has 3 aromatic rings. The van der Waals surface area contributed by atoms with Crippen LogP contribution in [0.4, 0.5) is 14.5 Å². The molecule has 29 heavy (non-hydrogen) atoms. The zero-order chi connectivity index (χ0) is 20.9. The van der Waals surface area contributed by atoms with Crippen LogP contribution in [-0.2, 0) is 21.4 Å². The molecule has 0 aliphatic carbocycles. The van der Waals surface area contributed by atoms with Gasteiger partial charge in [0.15, 0.2) is 0 Å². The molecule has 0 unspecified atom stereocenters. The highest BCUT2D eigenvalue weighted by Crippen LogP contribution is 2.25. The van der Waals surface area contributed by atoms with E-state index in [1.165, 1.54) is 36.4 Å². The fourth-order valence-corrected chi connectivity index (χ4v) is 4.49. The maximum Gasteiger partial charge on any atom is 0.387 e. The Labute approximate surface area is 169 Å². The minimum Gasteiger partial charge on any atom is -0.457 e. The molecule has 0 fully saturated rings. The quantitative estimate of drug-likeness (QED) is 0.523. The monoisotopic (exact) mass is 439 g/mol. The average molecular weight is 439 g/mol. The molecule has 1 aromatic heterocycles. The van der Waals surface area contributed by atoms with Crippen LogP contribution in [0.25, 0.3) is 0 Å². The molecule has 6 nitrogen and oxygen atoms in total. The summed E-state index contributed by atoms with van der Waals surface area (Å²) in [5, 5.41) is 1.62. The zero-order valence-corrected chi connectivity index (χ0v) is 16.4. The normalized spacial score (nSPS) is 11.3. The van der Waals surface area contributed by atoms with Gasteiger partial charge in [-0.3, -0.25) is 4.72 Å². The van der Waals surface area contributed by atoms with Gasteiger partial charge in [0.2, 0.25) is 0 Å². The predicted molar refractivity (Wildman–Crippen MR) is 104 cm³/mol. The van der Waals surface area contributed by atoms with Crippen molar-refractivity contribution in [1.82, 2.24) is 0 Å². The lowest BCUT2D eigenvalue weighted by Crippen LogP contribution is -2.15. The summed E-state index contributed by atoms with van der Waals surface area (Å²) in [6, 6.07) is 14.9. The molecule has 10 heteroatoms. The summed E-state index contributed by atoms with van der Waals surface area (Å²) >= 11 is 1.04. The third-order valence-electron chi connectivity index (χ3n) is 3.70. The van der Waals surface area contributed by atoms with E-state index in [1.54, 1.807) is 29.6 Å². The van der Waals surface area contributed by atoms with Gasteiger partial charge in [0.25, 0.3) is 10.0 Å². The fourth-order valence-electron chi connectivity index (χ4n) is 2.42. The number of anilines is 1. The Kier molecular flexibility index (Phi) is 6.45. The van der Waals surface area contributed by atoms with Crippen molar-refractivity contribution in [3.05, 3.63) is 77.2 Å². The van der Waals surface area contributed by atoms with Crippen LogP contribution in [0.15, 0.2) is 70.3 Å². The minimum atomic E-state index is -3.86. The first-order chi connectivity index (χ1) is 13.9. The Hall–Kier alpha value is -2.98. The molecule has 0 atom stereocenters. The number of esters is 1. The Morgan fingerprint density at radius 1 is 1.03 bits per heavy atom. The van der Waals surface area contributed by atoms with Gasteiger partial charge in [-0.05, 0) is 29.6 Å². The first-order valence-corrected chi connectivity index (χ1v) is 10.6. The van der Waals surface area contributed by atoms with Gasteiger partial charge >= 0.3 is 12.6 Å². The van der Waals surface area contributed by atoms with Gasteiger partial charge < -0.3 is 9.47 Å². The van der Waals surface area contributed by atoms with Gasteiger partial charge in [-0.15, -0.1) is 11.3 Å². The Balaban J connectivity index is 1.76. The van der Waals surface area contributed by atoms with E-state index in [2.05, 4.69) is 9.46 Å². The lowest BCUT2D eigenvalue weighted by Gasteiger charge is -2.13. The second-order valence-corrected chi connectivity index (χ2v) is 8.50. The van der Waals surface area contributed by atoms with Crippen LogP contribution >= 0.6 is 11.3 Å². The molecule has 0 amide bonds. The number of benzene rings is 2. The first kappa shape index (κ1) is 20.7. The molecule has 0 saturated heterocycles. The van der Waals surface area contributed by atoms with Gasteiger partial charge in [-0.25, -0.2) is 13.2 Å². The molecule has 0 bridgehead atoms. The molecule has 0 saturated carbocycles. The van der Waals surface area contributed by atoms with Crippen LogP contribution in [0.3, 0.4) is 0 Å². The Morgan fingerprint density at radius 3 is 2.48 bits per heavy atom. The van der Waals surface area contributed by atoms with Gasteiger partial charge in [0.1, 0.15) is 16.6 Å². The van der Waals surface area contributed by atoms with Crippen LogP contribution in [0.1, 0.15) is 15.9 Å². The van der Waals surface area contributed by atoms with Crippen LogP contribution < -0.4 is 9.46 Å². The summed E-state index contributed by atoms with van der Waals surface area (Å²) in [6.45, 7) is -3.34. The molecule has 1 heterocycles. The third kappa shape index (κ3) is 5.30. The number of para-hydroxylation sites is 2. The molecule has 152 valence electrons. The standard InChI is InChI=1S/C19H15F2NO5S2/c20-19(21)27-16-9-4-1-6-13(16)12-26-18(23)14-7-2-3-8-15(14)22-29(24,25)17-10-5-11-28-17/h1-11,19,22H,12H2. The average Bonchev–Trinajstić information content (AvgIpc) is 3.23. The molecule has 0 aliphatic heterocycles. The van der Waals surface area contributed by atoms with Gasteiger partial charge in [0.05, 0.1) is 11.3 Å². The van der Waals surface area contributed by atoms with Crippen molar-refractivity contribution in [3.8, 4) is 5.75 Å². The van der Waals surface area contributed by atoms with Gasteiger partial charge in [-0.1, -0.05) is 36.4 Å². The number of sulfonamides is 1. The predicted octanol–water partition coefficient (Wildman–Crippen LogP) is 4.51. The van der Waals surface area contributed by atoms with E-state index in [-0.39, 0.29) is 33.4 Å². The number of hydrogen-bond donors (Lipinski definition) is 1. The maximum atomic E-state index is 12.5. The van der Waals surface area contributed by atoms with E-state index >= 15 is 0 Å². The number of rotatable bonds is 8. The van der Waals surface area contributed by atoms with Gasteiger partial charge in [0, 0.05) is 5.56 Å². The SMILES string of the molecule is O=C(OCc1ccccc1OC(F)F)c1ccccc1NS(=O)(=O)c1cccs1. The van der Waals surface area contributed by atoms with Crippen molar-refractivity contribution in [1.29, 1.82) is 0 Å². The highest BCUT2D eigenvalue weighted by molar-refractivity contribution is 7.94. The molecule has 2 aromatic carbocycles. The number of nitrogens with one attached hydrogen (secondary N) is 1. The summed E-state index contributed by atoms with van der Waals surface area (Å²) in [6.07, 6.45) is 0. The molecule has 1 N–H and O–H groups in total. The van der Waals surface area contributed by atoms with Crippen molar-refractivity contribution in [3.63, 3.8) is 0 Å². The lowest BCUT2D eigenvalue weighted by atomic mass is 10.2. The number of alkyl halides is 2. The Morgan fingerprint density at radius 2 is 1.76 bits per heavy atom. The van der Waals surface area contributed by atoms with Crippen molar-refractivity contribution in [2.24, 2.45) is 0 Å². The summed E-state index contributed by atoms with van der Waals surface area (Å²) in [7, 11) is -3.86. The number of carbonyl (C=O) groups excluding carboxylic acids is 1. The maximum absolute atomic E-state index is 12.5. The molecular weight excluding hydrogens is 424 g/mol. The second-order valence-electron chi connectivity index (χ2n) is 5.65. The molecule has 3 rings (SSSR count). The van der Waals surface area contributed by atoms with Crippen LogP contribution in [0.5, 0.6) is 5.75 Å². The van der Waals surface area contributed by atoms with Crippen molar-refractivity contribution in [2.45, 2.75) is 17.4 Å². The number of hydrogen-bond acceptors (Lipinski definition) is 6. The molecule has 0 spiro atoms. The molecule has 0 radical (unpaired) electrons. The second kappa shape index (κ2) is 9.01. The summed E-state index contributed by atoms with van der Waals surface area (Å²) in [5.41, 5.74) is 0.278. The largest absolute Gasteiger partial charge is 0.457 e. The van der Waals surface area contributed by atoms with Crippen molar-refractivity contribution < 1.29 is 31.5 Å². The van der Waals surface area contributed by atoms with E-state index in [0.29, 0.717) is 0 Å². The third-order valence-corrected chi connectivity index (χ3v) is 6.46. The van der Waals surface area contributed by atoms with Crippen molar-refractivity contribution in [2.75, 3.05) is 4.72 Å². The van der Waals surface area contributed by atoms with Crippen LogP contribution in [0, 0.1) is 0 Å². The van der Waals surface area contributed by atoms with E-state index < -0.39 is 22.6 Å². The highest BCUT2D eigenvalue weighted by atomic mass is 32.2. The highest BCUT2D eigenvalue weighted by Gasteiger charge is 2.20. The zero-order valence-electron chi connectivity index (χ0n) is 14.7. The summed E-state index contributed by atoms with van der Waals surface area (Å²) < 4.78 is 61.9. The fraction of sp³-hybridized carbons (Fsp3) is 0.105. The lowest BCUT2D eigenvalue weighted by molar-refractivity contribution is -0.0510. The summed E-state index contributed by atoms with van der Waals surface area (Å²) in [4.78, 5) is 12.5. The molecule has 0 aliphatic rings. The number of carbonyl (C=O) groups is 1. The van der Waals surface area contributed by atoms with Crippen molar-refractivity contribution >= 4 is 33.0 Å².